The molecule has 1 N–H and O–H groups in total. The molecule has 0 spiro atoms. The highest BCUT2D eigenvalue weighted by Gasteiger charge is 2.34. The standard InChI is InChI=1S/C17H24O2/c1-17(18,13-6-3-2-4-7-13)14-8-5-9-16(12-14)19-15-10-11-15/h5,8-9,12-13,15,18H,2-4,6-7,10-11H2,1H3. The fraction of sp³-hybridized carbons (Fsp3) is 0.647. The Morgan fingerprint density at radius 3 is 2.53 bits per heavy atom. The topological polar surface area (TPSA) is 29.5 Å². The first kappa shape index (κ1) is 13.0. The Labute approximate surface area is 115 Å². The van der Waals surface area contributed by atoms with Gasteiger partial charge in [0.05, 0.1) is 11.7 Å². The number of ether oxygens (including phenoxy) is 1. The molecule has 0 saturated heterocycles. The molecule has 2 aliphatic rings. The van der Waals surface area contributed by atoms with Crippen LogP contribution in [0.4, 0.5) is 0 Å². The molecule has 19 heavy (non-hydrogen) atoms. The summed E-state index contributed by atoms with van der Waals surface area (Å²) < 4.78 is 5.84. The van der Waals surface area contributed by atoms with Crippen molar-refractivity contribution < 1.29 is 9.84 Å². The summed E-state index contributed by atoms with van der Waals surface area (Å²) in [6.45, 7) is 1.97. The zero-order valence-corrected chi connectivity index (χ0v) is 11.8. The molecule has 0 heterocycles. The summed E-state index contributed by atoms with van der Waals surface area (Å²) >= 11 is 0. The molecule has 0 bridgehead atoms. The molecule has 0 radical (unpaired) electrons. The Kier molecular flexibility index (Phi) is 3.53. The van der Waals surface area contributed by atoms with E-state index in [0.29, 0.717) is 12.0 Å². The van der Waals surface area contributed by atoms with Gasteiger partial charge in [0.1, 0.15) is 5.75 Å². The van der Waals surface area contributed by atoms with Crippen molar-refractivity contribution >= 4 is 0 Å². The van der Waals surface area contributed by atoms with Gasteiger partial charge in [0.15, 0.2) is 0 Å². The van der Waals surface area contributed by atoms with E-state index in [0.717, 1.165) is 24.2 Å². The molecule has 1 aromatic carbocycles. The van der Waals surface area contributed by atoms with Gasteiger partial charge in [-0.05, 0) is 56.2 Å². The largest absolute Gasteiger partial charge is 0.490 e. The van der Waals surface area contributed by atoms with Crippen molar-refractivity contribution in [1.29, 1.82) is 0 Å². The molecule has 2 fully saturated rings. The van der Waals surface area contributed by atoms with Gasteiger partial charge in [-0.15, -0.1) is 0 Å². The van der Waals surface area contributed by atoms with Crippen molar-refractivity contribution in [3.63, 3.8) is 0 Å². The molecular formula is C17H24O2. The second-order valence-corrected chi connectivity index (χ2v) is 6.33. The van der Waals surface area contributed by atoms with Gasteiger partial charge in [0.25, 0.3) is 0 Å². The number of benzene rings is 1. The van der Waals surface area contributed by atoms with Crippen LogP contribution in [0.2, 0.25) is 0 Å². The van der Waals surface area contributed by atoms with Crippen LogP contribution in [-0.4, -0.2) is 11.2 Å². The first-order valence-corrected chi connectivity index (χ1v) is 7.66. The minimum atomic E-state index is -0.719. The maximum atomic E-state index is 10.9. The Morgan fingerprint density at radius 2 is 1.84 bits per heavy atom. The maximum absolute atomic E-state index is 10.9. The molecule has 1 unspecified atom stereocenters. The quantitative estimate of drug-likeness (QED) is 0.886. The molecule has 1 aromatic rings. The summed E-state index contributed by atoms with van der Waals surface area (Å²) in [4.78, 5) is 0. The monoisotopic (exact) mass is 260 g/mol. The molecule has 104 valence electrons. The van der Waals surface area contributed by atoms with E-state index < -0.39 is 5.60 Å². The third-order valence-corrected chi connectivity index (χ3v) is 4.65. The fourth-order valence-corrected chi connectivity index (χ4v) is 3.16. The van der Waals surface area contributed by atoms with E-state index in [1.165, 1.54) is 32.1 Å². The van der Waals surface area contributed by atoms with Crippen LogP contribution < -0.4 is 4.74 Å². The van der Waals surface area contributed by atoms with Gasteiger partial charge < -0.3 is 9.84 Å². The lowest BCUT2D eigenvalue weighted by Gasteiger charge is -2.36. The third-order valence-electron chi connectivity index (χ3n) is 4.65. The Balaban J connectivity index is 1.78. The molecule has 2 saturated carbocycles. The van der Waals surface area contributed by atoms with Crippen molar-refractivity contribution in [3.05, 3.63) is 29.8 Å². The van der Waals surface area contributed by atoms with Crippen molar-refractivity contribution in [2.75, 3.05) is 0 Å². The zero-order valence-electron chi connectivity index (χ0n) is 11.8. The van der Waals surface area contributed by atoms with E-state index in [9.17, 15) is 5.11 Å². The van der Waals surface area contributed by atoms with Crippen molar-refractivity contribution in [2.24, 2.45) is 5.92 Å². The van der Waals surface area contributed by atoms with E-state index in [4.69, 9.17) is 4.74 Å². The van der Waals surface area contributed by atoms with Crippen LogP contribution in [0.3, 0.4) is 0 Å². The Bertz CT molecular complexity index is 429. The van der Waals surface area contributed by atoms with Crippen molar-refractivity contribution in [2.45, 2.75) is 63.6 Å². The Hall–Kier alpha value is -1.02. The molecule has 0 aliphatic heterocycles. The van der Waals surface area contributed by atoms with Gasteiger partial charge in [0.2, 0.25) is 0 Å². The van der Waals surface area contributed by atoms with E-state index in [2.05, 4.69) is 0 Å². The maximum Gasteiger partial charge on any atom is 0.120 e. The van der Waals surface area contributed by atoms with Crippen molar-refractivity contribution in [1.82, 2.24) is 0 Å². The second kappa shape index (κ2) is 5.16. The number of aliphatic hydroxyl groups is 1. The summed E-state index contributed by atoms with van der Waals surface area (Å²) in [6, 6.07) is 8.07. The molecule has 0 aromatic heterocycles. The predicted octanol–water partition coefficient (Wildman–Crippen LogP) is 4.02. The first-order valence-electron chi connectivity index (χ1n) is 7.66. The van der Waals surface area contributed by atoms with Crippen LogP contribution in [0.15, 0.2) is 24.3 Å². The Morgan fingerprint density at radius 1 is 1.11 bits per heavy atom. The summed E-state index contributed by atoms with van der Waals surface area (Å²) in [6.07, 6.45) is 8.85. The highest BCUT2D eigenvalue weighted by atomic mass is 16.5. The highest BCUT2D eigenvalue weighted by Crippen LogP contribution is 2.40. The van der Waals surface area contributed by atoms with Gasteiger partial charge in [0, 0.05) is 0 Å². The average Bonchev–Trinajstić information content (AvgIpc) is 3.24. The molecule has 2 heteroatoms. The van der Waals surface area contributed by atoms with E-state index in [1.807, 2.05) is 31.2 Å². The normalized spacial score (nSPS) is 23.9. The van der Waals surface area contributed by atoms with Crippen LogP contribution in [0.1, 0.15) is 57.4 Å². The smallest absolute Gasteiger partial charge is 0.120 e. The predicted molar refractivity (Wildman–Crippen MR) is 76.2 cm³/mol. The molecular weight excluding hydrogens is 236 g/mol. The lowest BCUT2D eigenvalue weighted by Crippen LogP contribution is -2.33. The van der Waals surface area contributed by atoms with Crippen molar-refractivity contribution in [3.8, 4) is 5.75 Å². The lowest BCUT2D eigenvalue weighted by atomic mass is 9.74. The molecule has 1 atom stereocenters. The lowest BCUT2D eigenvalue weighted by molar-refractivity contribution is -0.0216. The number of rotatable bonds is 4. The van der Waals surface area contributed by atoms with E-state index in [-0.39, 0.29) is 0 Å². The van der Waals surface area contributed by atoms with Crippen LogP contribution in [0.5, 0.6) is 5.75 Å². The average molecular weight is 260 g/mol. The number of hydrogen-bond acceptors (Lipinski definition) is 2. The fourth-order valence-electron chi connectivity index (χ4n) is 3.16. The second-order valence-electron chi connectivity index (χ2n) is 6.33. The van der Waals surface area contributed by atoms with E-state index >= 15 is 0 Å². The zero-order chi connectivity index (χ0) is 13.3. The van der Waals surface area contributed by atoms with Crippen LogP contribution >= 0.6 is 0 Å². The van der Waals surface area contributed by atoms with Crippen LogP contribution in [0.25, 0.3) is 0 Å². The molecule has 2 nitrogen and oxygen atoms in total. The summed E-state index contributed by atoms with van der Waals surface area (Å²) in [7, 11) is 0. The minimum absolute atomic E-state index is 0.387. The van der Waals surface area contributed by atoms with Crippen LogP contribution in [-0.2, 0) is 5.60 Å². The van der Waals surface area contributed by atoms with Crippen LogP contribution in [0, 0.1) is 5.92 Å². The van der Waals surface area contributed by atoms with Gasteiger partial charge in [-0.25, -0.2) is 0 Å². The third kappa shape index (κ3) is 2.94. The summed E-state index contributed by atoms with van der Waals surface area (Å²) in [5.41, 5.74) is 0.293. The SMILES string of the molecule is CC(O)(c1cccc(OC2CC2)c1)C1CCCCC1. The first-order chi connectivity index (χ1) is 9.16. The molecule has 2 aliphatic carbocycles. The van der Waals surface area contributed by atoms with Gasteiger partial charge >= 0.3 is 0 Å². The summed E-state index contributed by atoms with van der Waals surface area (Å²) in [5.74, 6) is 1.30. The minimum Gasteiger partial charge on any atom is -0.490 e. The molecule has 3 rings (SSSR count). The summed E-state index contributed by atoms with van der Waals surface area (Å²) in [5, 5.41) is 10.9. The highest BCUT2D eigenvalue weighted by molar-refractivity contribution is 5.33. The number of hydrogen-bond donors (Lipinski definition) is 1. The van der Waals surface area contributed by atoms with E-state index in [1.54, 1.807) is 0 Å². The van der Waals surface area contributed by atoms with Gasteiger partial charge in [-0.2, -0.15) is 0 Å². The van der Waals surface area contributed by atoms with Gasteiger partial charge in [-0.1, -0.05) is 31.4 Å². The molecule has 0 amide bonds. The van der Waals surface area contributed by atoms with Gasteiger partial charge in [-0.3, -0.25) is 0 Å².